The van der Waals surface area contributed by atoms with Gasteiger partial charge < -0.3 is 5.73 Å². The molecule has 0 aliphatic rings. The van der Waals surface area contributed by atoms with Crippen LogP contribution in [0, 0.1) is 20.8 Å². The first-order valence-electron chi connectivity index (χ1n) is 5.97. The van der Waals surface area contributed by atoms with Gasteiger partial charge in [0.25, 0.3) is 10.0 Å². The summed E-state index contributed by atoms with van der Waals surface area (Å²) in [5.41, 5.74) is 8.45. The molecule has 0 atom stereocenters. The Kier molecular flexibility index (Phi) is 3.43. The maximum atomic E-state index is 12.5. The van der Waals surface area contributed by atoms with Crippen molar-refractivity contribution in [1.29, 1.82) is 0 Å². The molecule has 0 saturated heterocycles. The minimum Gasteiger partial charge on any atom is -0.398 e. The van der Waals surface area contributed by atoms with E-state index in [0.717, 1.165) is 5.56 Å². The summed E-state index contributed by atoms with van der Waals surface area (Å²) in [6.07, 6.45) is 1.28. The number of benzene rings is 1. The van der Waals surface area contributed by atoms with Crippen molar-refractivity contribution in [2.45, 2.75) is 25.7 Å². The van der Waals surface area contributed by atoms with E-state index in [9.17, 15) is 8.42 Å². The molecule has 0 spiro atoms. The third kappa shape index (κ3) is 2.34. The number of nitrogens with zero attached hydrogens (tertiary/aromatic N) is 3. The van der Waals surface area contributed by atoms with Crippen molar-refractivity contribution in [3.05, 3.63) is 29.1 Å². The molecule has 1 aromatic heterocycles. The molecule has 1 aromatic carbocycles. The summed E-state index contributed by atoms with van der Waals surface area (Å²) in [5.74, 6) is 0.156. The Balaban J connectivity index is 2.56. The van der Waals surface area contributed by atoms with Crippen molar-refractivity contribution in [1.82, 2.24) is 14.8 Å². The van der Waals surface area contributed by atoms with Crippen molar-refractivity contribution in [2.75, 3.05) is 10.5 Å². The molecule has 2 rings (SSSR count). The third-order valence-electron chi connectivity index (χ3n) is 3.17. The first kappa shape index (κ1) is 14.3. The Morgan fingerprint density at radius 2 is 1.90 bits per heavy atom. The first-order chi connectivity index (χ1) is 9.24. The van der Waals surface area contributed by atoms with Crippen LogP contribution in [0.15, 0.2) is 17.3 Å². The summed E-state index contributed by atoms with van der Waals surface area (Å²) in [5, 5.41) is 3.82. The Labute approximate surface area is 117 Å². The predicted octanol–water partition coefficient (Wildman–Crippen LogP) is 1.12. The quantitative estimate of drug-likeness (QED) is 0.826. The van der Waals surface area contributed by atoms with E-state index >= 15 is 0 Å². The molecular weight excluding hydrogens is 278 g/mol. The van der Waals surface area contributed by atoms with Crippen molar-refractivity contribution in [3.8, 4) is 0 Å². The molecule has 108 valence electrons. The number of hydrogen-bond donors (Lipinski definition) is 2. The molecule has 3 N–H and O–H groups in total. The smallest absolute Gasteiger partial charge is 0.264 e. The standard InChI is InChI=1S/C12H17N5O2S/c1-7-5-8(2)11(9(3)10(7)13)20(18,19)16-12-14-6-15-17(12)4/h5-6H,13H2,1-4H3,(H,14,15,16). The van der Waals surface area contributed by atoms with Crippen LogP contribution in [-0.2, 0) is 17.1 Å². The molecule has 7 nitrogen and oxygen atoms in total. The Morgan fingerprint density at radius 3 is 2.45 bits per heavy atom. The largest absolute Gasteiger partial charge is 0.398 e. The van der Waals surface area contributed by atoms with E-state index in [-0.39, 0.29) is 10.8 Å². The second kappa shape index (κ2) is 4.78. The maximum absolute atomic E-state index is 12.5. The van der Waals surface area contributed by atoms with Crippen LogP contribution in [0.3, 0.4) is 0 Å². The van der Waals surface area contributed by atoms with Crippen molar-refractivity contribution < 1.29 is 8.42 Å². The zero-order chi connectivity index (χ0) is 15.1. The monoisotopic (exact) mass is 295 g/mol. The zero-order valence-electron chi connectivity index (χ0n) is 11.8. The maximum Gasteiger partial charge on any atom is 0.264 e. The molecule has 20 heavy (non-hydrogen) atoms. The highest BCUT2D eigenvalue weighted by Gasteiger charge is 2.23. The minimum absolute atomic E-state index is 0.156. The Morgan fingerprint density at radius 1 is 1.25 bits per heavy atom. The molecule has 2 aromatic rings. The lowest BCUT2D eigenvalue weighted by molar-refractivity contribution is 0.599. The summed E-state index contributed by atoms with van der Waals surface area (Å²) in [6.45, 7) is 5.28. The van der Waals surface area contributed by atoms with Crippen molar-refractivity contribution >= 4 is 21.7 Å². The summed E-state index contributed by atoms with van der Waals surface area (Å²) >= 11 is 0. The van der Waals surface area contributed by atoms with Crippen LogP contribution in [0.5, 0.6) is 0 Å². The van der Waals surface area contributed by atoms with Gasteiger partial charge in [0, 0.05) is 12.7 Å². The second-order valence-corrected chi connectivity index (χ2v) is 6.31. The molecule has 0 bridgehead atoms. The summed E-state index contributed by atoms with van der Waals surface area (Å²) in [4.78, 5) is 4.04. The van der Waals surface area contributed by atoms with Gasteiger partial charge in [-0.1, -0.05) is 6.07 Å². The van der Waals surface area contributed by atoms with Gasteiger partial charge in [-0.2, -0.15) is 10.1 Å². The molecule has 0 aliphatic heterocycles. The van der Waals surface area contributed by atoms with Gasteiger partial charge in [0.2, 0.25) is 5.95 Å². The van der Waals surface area contributed by atoms with Gasteiger partial charge in [-0.25, -0.2) is 17.8 Å². The van der Waals surface area contributed by atoms with Crippen LogP contribution in [0.4, 0.5) is 11.6 Å². The molecule has 0 aliphatic carbocycles. The number of aromatic nitrogens is 3. The number of sulfonamides is 1. The molecular formula is C12H17N5O2S. The van der Waals surface area contributed by atoms with Gasteiger partial charge in [-0.3, -0.25) is 0 Å². The highest BCUT2D eigenvalue weighted by atomic mass is 32.2. The third-order valence-corrected chi connectivity index (χ3v) is 4.78. The number of nitrogens with two attached hydrogens (primary N) is 1. The number of nitrogens with one attached hydrogen (secondary N) is 1. The fourth-order valence-corrected chi connectivity index (χ4v) is 3.68. The molecule has 0 radical (unpaired) electrons. The highest BCUT2D eigenvalue weighted by Crippen LogP contribution is 2.28. The molecule has 0 saturated carbocycles. The van der Waals surface area contributed by atoms with E-state index < -0.39 is 10.0 Å². The molecule has 8 heteroatoms. The van der Waals surface area contributed by atoms with E-state index in [1.807, 2.05) is 6.92 Å². The average molecular weight is 295 g/mol. The minimum atomic E-state index is -3.76. The predicted molar refractivity (Wildman–Crippen MR) is 76.9 cm³/mol. The molecule has 0 amide bonds. The molecule has 0 fully saturated rings. The fraction of sp³-hybridized carbons (Fsp3) is 0.333. The molecule has 0 unspecified atom stereocenters. The van der Waals surface area contributed by atoms with Crippen molar-refractivity contribution in [3.63, 3.8) is 0 Å². The van der Waals surface area contributed by atoms with Gasteiger partial charge in [-0.15, -0.1) is 0 Å². The summed E-state index contributed by atoms with van der Waals surface area (Å²) < 4.78 is 28.8. The normalized spacial score (nSPS) is 11.6. The van der Waals surface area contributed by atoms with Gasteiger partial charge in [0.15, 0.2) is 0 Å². The van der Waals surface area contributed by atoms with Crippen LogP contribution >= 0.6 is 0 Å². The Hall–Kier alpha value is -2.09. The van der Waals surface area contributed by atoms with Crippen LogP contribution in [0.25, 0.3) is 0 Å². The Bertz CT molecular complexity index is 764. The van der Waals surface area contributed by atoms with Gasteiger partial charge >= 0.3 is 0 Å². The summed E-state index contributed by atoms with van der Waals surface area (Å²) in [7, 11) is -2.15. The van der Waals surface area contributed by atoms with Gasteiger partial charge in [0.05, 0.1) is 4.90 Å². The van der Waals surface area contributed by atoms with Crippen LogP contribution in [0.1, 0.15) is 16.7 Å². The van der Waals surface area contributed by atoms with Crippen LogP contribution in [-0.4, -0.2) is 23.2 Å². The number of nitrogen functional groups attached to an aromatic ring is 1. The number of aryl methyl sites for hydroxylation is 3. The van der Waals surface area contributed by atoms with Crippen LogP contribution < -0.4 is 10.5 Å². The highest BCUT2D eigenvalue weighted by molar-refractivity contribution is 7.92. The van der Waals surface area contributed by atoms with Crippen LogP contribution in [0.2, 0.25) is 0 Å². The first-order valence-corrected chi connectivity index (χ1v) is 7.45. The number of anilines is 2. The van der Waals surface area contributed by atoms with Crippen molar-refractivity contribution in [2.24, 2.45) is 7.05 Å². The van der Waals surface area contributed by atoms with E-state index in [1.165, 1.54) is 11.0 Å². The lowest BCUT2D eigenvalue weighted by Crippen LogP contribution is -2.19. The second-order valence-electron chi connectivity index (χ2n) is 4.69. The van der Waals surface area contributed by atoms with Gasteiger partial charge in [-0.05, 0) is 37.5 Å². The van der Waals surface area contributed by atoms with Gasteiger partial charge in [0.1, 0.15) is 6.33 Å². The van der Waals surface area contributed by atoms with E-state index in [1.54, 1.807) is 27.0 Å². The fourth-order valence-electron chi connectivity index (χ4n) is 2.16. The van der Waals surface area contributed by atoms with E-state index in [4.69, 9.17) is 5.73 Å². The SMILES string of the molecule is Cc1cc(C)c(S(=O)(=O)Nc2ncnn2C)c(C)c1N. The van der Waals surface area contributed by atoms with E-state index in [0.29, 0.717) is 16.8 Å². The topological polar surface area (TPSA) is 103 Å². The average Bonchev–Trinajstić information content (AvgIpc) is 2.71. The zero-order valence-corrected chi connectivity index (χ0v) is 12.6. The molecule has 1 heterocycles. The van der Waals surface area contributed by atoms with E-state index in [2.05, 4.69) is 14.8 Å². The number of hydrogen-bond acceptors (Lipinski definition) is 5. The lowest BCUT2D eigenvalue weighted by Gasteiger charge is -2.15. The lowest BCUT2D eigenvalue weighted by atomic mass is 10.1. The summed E-state index contributed by atoms with van der Waals surface area (Å²) in [6, 6.07) is 1.76. The number of rotatable bonds is 3.